The Morgan fingerprint density at radius 1 is 1.29 bits per heavy atom. The molecule has 0 saturated carbocycles. The molecule has 6 heteroatoms. The fourth-order valence-electron chi connectivity index (χ4n) is 1.40. The van der Waals surface area contributed by atoms with E-state index in [-0.39, 0.29) is 13.2 Å². The van der Waals surface area contributed by atoms with Crippen molar-refractivity contribution in [3.63, 3.8) is 0 Å². The molecule has 96 valence electrons. The van der Waals surface area contributed by atoms with Crippen LogP contribution in [0.15, 0.2) is 10.7 Å². The van der Waals surface area contributed by atoms with Gasteiger partial charge in [0.05, 0.1) is 18.8 Å². The second kappa shape index (κ2) is 6.28. The molecule has 3 N–H and O–H groups in total. The first kappa shape index (κ1) is 14.3. The summed E-state index contributed by atoms with van der Waals surface area (Å²) in [5.74, 6) is 1.32. The van der Waals surface area contributed by atoms with Crippen molar-refractivity contribution in [1.82, 2.24) is 9.97 Å². The molecule has 0 fully saturated rings. The predicted octanol–water partition coefficient (Wildman–Crippen LogP) is 1.35. The van der Waals surface area contributed by atoms with Gasteiger partial charge in [0.25, 0.3) is 0 Å². The van der Waals surface area contributed by atoms with E-state index in [1.807, 2.05) is 13.8 Å². The van der Waals surface area contributed by atoms with Gasteiger partial charge in [0.1, 0.15) is 16.2 Å². The van der Waals surface area contributed by atoms with Gasteiger partial charge < -0.3 is 15.5 Å². The predicted molar refractivity (Wildman–Crippen MR) is 69.9 cm³/mol. The highest BCUT2D eigenvalue weighted by Gasteiger charge is 2.26. The van der Waals surface area contributed by atoms with Crippen LogP contribution < -0.4 is 5.32 Å². The Kier molecular flexibility index (Phi) is 5.30. The molecule has 0 radical (unpaired) electrons. The van der Waals surface area contributed by atoms with Crippen LogP contribution in [0.25, 0.3) is 0 Å². The minimum Gasteiger partial charge on any atom is -0.394 e. The van der Waals surface area contributed by atoms with Gasteiger partial charge in [0.2, 0.25) is 0 Å². The number of hydrogen-bond donors (Lipinski definition) is 3. The second-order valence-electron chi connectivity index (χ2n) is 3.92. The van der Waals surface area contributed by atoms with Crippen molar-refractivity contribution in [1.29, 1.82) is 0 Å². The zero-order valence-corrected chi connectivity index (χ0v) is 11.7. The maximum Gasteiger partial charge on any atom is 0.131 e. The van der Waals surface area contributed by atoms with Crippen molar-refractivity contribution in [3.8, 4) is 0 Å². The first-order valence-electron chi connectivity index (χ1n) is 5.62. The van der Waals surface area contributed by atoms with Gasteiger partial charge in [0, 0.05) is 12.5 Å². The van der Waals surface area contributed by atoms with E-state index in [4.69, 9.17) is 0 Å². The third-order valence-electron chi connectivity index (χ3n) is 2.73. The number of nitrogens with one attached hydrogen (secondary N) is 1. The van der Waals surface area contributed by atoms with Crippen LogP contribution in [-0.4, -0.2) is 38.9 Å². The van der Waals surface area contributed by atoms with Gasteiger partial charge in [-0.25, -0.2) is 9.97 Å². The number of aliphatic hydroxyl groups is 2. The van der Waals surface area contributed by atoms with Crippen molar-refractivity contribution in [3.05, 3.63) is 16.5 Å². The summed E-state index contributed by atoms with van der Waals surface area (Å²) >= 11 is 3.31. The Labute approximate surface area is 109 Å². The lowest BCUT2D eigenvalue weighted by molar-refractivity contribution is 0.132. The van der Waals surface area contributed by atoms with Gasteiger partial charge in [0.15, 0.2) is 0 Å². The zero-order chi connectivity index (χ0) is 12.9. The van der Waals surface area contributed by atoms with Crippen molar-refractivity contribution in [2.75, 3.05) is 18.5 Å². The van der Waals surface area contributed by atoms with E-state index < -0.39 is 5.54 Å². The number of rotatable bonds is 6. The molecule has 1 aromatic rings. The summed E-state index contributed by atoms with van der Waals surface area (Å²) in [6.07, 6.45) is 1.33. The first-order valence-corrected chi connectivity index (χ1v) is 6.41. The summed E-state index contributed by atoms with van der Waals surface area (Å²) in [5.41, 5.74) is -0.737. The monoisotopic (exact) mass is 303 g/mol. The minimum atomic E-state index is -0.737. The lowest BCUT2D eigenvalue weighted by Gasteiger charge is -2.30. The fraction of sp³-hybridized carbons (Fsp3) is 0.636. The molecule has 0 saturated heterocycles. The van der Waals surface area contributed by atoms with E-state index >= 15 is 0 Å². The number of aliphatic hydroxyl groups excluding tert-OH is 2. The molecule has 0 aliphatic heterocycles. The zero-order valence-electron chi connectivity index (χ0n) is 10.1. The summed E-state index contributed by atoms with van der Waals surface area (Å²) in [6, 6.07) is 1.73. The summed E-state index contributed by atoms with van der Waals surface area (Å²) in [7, 11) is 0. The third kappa shape index (κ3) is 3.62. The highest BCUT2D eigenvalue weighted by molar-refractivity contribution is 9.10. The second-order valence-corrected chi connectivity index (χ2v) is 4.73. The van der Waals surface area contributed by atoms with Crippen LogP contribution in [0.3, 0.4) is 0 Å². The van der Waals surface area contributed by atoms with E-state index in [1.54, 1.807) is 6.07 Å². The molecule has 0 atom stereocenters. The molecule has 0 amide bonds. The Balaban J connectivity index is 2.96. The molecule has 0 aliphatic carbocycles. The molecule has 0 aliphatic rings. The van der Waals surface area contributed by atoms with Crippen LogP contribution in [0.5, 0.6) is 0 Å². The summed E-state index contributed by atoms with van der Waals surface area (Å²) in [6.45, 7) is 3.57. The molecule has 0 unspecified atom stereocenters. The SMILES string of the molecule is CCc1nc(Br)cc(NC(CC)(CO)CO)n1. The Hall–Kier alpha value is -0.720. The van der Waals surface area contributed by atoms with E-state index in [9.17, 15) is 10.2 Å². The van der Waals surface area contributed by atoms with Gasteiger partial charge in [-0.3, -0.25) is 0 Å². The number of nitrogens with zero attached hydrogens (tertiary/aromatic N) is 2. The van der Waals surface area contributed by atoms with E-state index in [1.165, 1.54) is 0 Å². The fourth-order valence-corrected chi connectivity index (χ4v) is 1.82. The standard InChI is InChI=1S/C11H18BrN3O2/c1-3-9-13-8(12)5-10(14-9)15-11(4-2,6-16)7-17/h5,16-17H,3-4,6-7H2,1-2H3,(H,13,14,15). The molecule has 17 heavy (non-hydrogen) atoms. The summed E-state index contributed by atoms with van der Waals surface area (Å²) < 4.78 is 0.688. The van der Waals surface area contributed by atoms with Gasteiger partial charge in [-0.05, 0) is 22.4 Å². The average Bonchev–Trinajstić information content (AvgIpc) is 2.35. The summed E-state index contributed by atoms with van der Waals surface area (Å²) in [5, 5.41) is 21.8. The minimum absolute atomic E-state index is 0.150. The molecule has 0 aromatic carbocycles. The Morgan fingerprint density at radius 3 is 2.41 bits per heavy atom. The van der Waals surface area contributed by atoms with E-state index in [0.717, 1.165) is 6.42 Å². The summed E-state index contributed by atoms with van der Waals surface area (Å²) in [4.78, 5) is 8.51. The number of hydrogen-bond acceptors (Lipinski definition) is 5. The third-order valence-corrected chi connectivity index (χ3v) is 3.14. The van der Waals surface area contributed by atoms with Crippen LogP contribution in [0, 0.1) is 0 Å². The van der Waals surface area contributed by atoms with Crippen molar-refractivity contribution in [2.45, 2.75) is 32.2 Å². The van der Waals surface area contributed by atoms with Gasteiger partial charge in [-0.15, -0.1) is 0 Å². The van der Waals surface area contributed by atoms with Gasteiger partial charge >= 0.3 is 0 Å². The van der Waals surface area contributed by atoms with Crippen molar-refractivity contribution in [2.24, 2.45) is 0 Å². The van der Waals surface area contributed by atoms with Crippen LogP contribution in [-0.2, 0) is 6.42 Å². The number of aromatic nitrogens is 2. The van der Waals surface area contributed by atoms with Crippen LogP contribution >= 0.6 is 15.9 Å². The quantitative estimate of drug-likeness (QED) is 0.691. The molecule has 5 nitrogen and oxygen atoms in total. The molecule has 0 spiro atoms. The maximum absolute atomic E-state index is 9.36. The number of anilines is 1. The smallest absolute Gasteiger partial charge is 0.131 e. The number of halogens is 1. The molecular formula is C11H18BrN3O2. The topological polar surface area (TPSA) is 78.3 Å². The lowest BCUT2D eigenvalue weighted by Crippen LogP contribution is -2.45. The van der Waals surface area contributed by atoms with Crippen molar-refractivity contribution < 1.29 is 10.2 Å². The lowest BCUT2D eigenvalue weighted by atomic mass is 9.98. The Bertz CT molecular complexity index is 361. The van der Waals surface area contributed by atoms with E-state index in [0.29, 0.717) is 22.7 Å². The highest BCUT2D eigenvalue weighted by atomic mass is 79.9. The molecule has 0 bridgehead atoms. The molecule has 1 aromatic heterocycles. The Morgan fingerprint density at radius 2 is 1.94 bits per heavy atom. The van der Waals surface area contributed by atoms with Gasteiger partial charge in [-0.2, -0.15) is 0 Å². The normalized spacial score (nSPS) is 11.6. The van der Waals surface area contributed by atoms with Crippen molar-refractivity contribution >= 4 is 21.7 Å². The van der Waals surface area contributed by atoms with E-state index in [2.05, 4.69) is 31.2 Å². The maximum atomic E-state index is 9.36. The van der Waals surface area contributed by atoms with Crippen LogP contribution in [0.4, 0.5) is 5.82 Å². The number of aryl methyl sites for hydroxylation is 1. The molecule has 1 rings (SSSR count). The van der Waals surface area contributed by atoms with Crippen LogP contribution in [0.2, 0.25) is 0 Å². The van der Waals surface area contributed by atoms with Gasteiger partial charge in [-0.1, -0.05) is 13.8 Å². The average molecular weight is 304 g/mol. The molecule has 1 heterocycles. The first-order chi connectivity index (χ1) is 8.09. The molecular weight excluding hydrogens is 286 g/mol. The largest absolute Gasteiger partial charge is 0.394 e. The highest BCUT2D eigenvalue weighted by Crippen LogP contribution is 2.19. The van der Waals surface area contributed by atoms with Crippen LogP contribution in [0.1, 0.15) is 26.1 Å².